The summed E-state index contributed by atoms with van der Waals surface area (Å²) >= 11 is 0. The zero-order valence-corrected chi connectivity index (χ0v) is 24.8. The summed E-state index contributed by atoms with van der Waals surface area (Å²) in [6.45, 7) is 4.63. The lowest BCUT2D eigenvalue weighted by Crippen LogP contribution is -2.51. The van der Waals surface area contributed by atoms with Crippen LogP contribution in [-0.4, -0.2) is 53.1 Å². The zero-order chi connectivity index (χ0) is 30.2. The van der Waals surface area contributed by atoms with Crippen molar-refractivity contribution in [2.24, 2.45) is 28.6 Å². The third-order valence-corrected chi connectivity index (χ3v) is 11.0. The lowest BCUT2D eigenvalue weighted by Gasteiger charge is -2.57. The largest absolute Gasteiger partial charge is 0.504 e. The molecular formula is C33H43NO8. The number of esters is 2. The van der Waals surface area contributed by atoms with Crippen LogP contribution in [0.4, 0.5) is 0 Å². The van der Waals surface area contributed by atoms with Gasteiger partial charge in [-0.25, -0.2) is 4.79 Å². The molecule has 0 unspecified atom stereocenters. The second-order valence-electron chi connectivity index (χ2n) is 13.2. The van der Waals surface area contributed by atoms with Gasteiger partial charge in [0.2, 0.25) is 5.91 Å². The monoisotopic (exact) mass is 581 g/mol. The van der Waals surface area contributed by atoms with Gasteiger partial charge < -0.3 is 25.0 Å². The minimum atomic E-state index is -1.01. The Hall–Kier alpha value is -3.36. The molecule has 9 heteroatoms. The topological polar surface area (TPSA) is 139 Å². The maximum atomic E-state index is 12.9. The number of phenols is 2. The summed E-state index contributed by atoms with van der Waals surface area (Å²) in [4.78, 5) is 50.0. The summed E-state index contributed by atoms with van der Waals surface area (Å²) in [6, 6.07) is 3.15. The van der Waals surface area contributed by atoms with E-state index in [2.05, 4.69) is 19.2 Å². The van der Waals surface area contributed by atoms with Crippen LogP contribution in [0.2, 0.25) is 0 Å². The molecule has 3 N–H and O–H groups in total. The summed E-state index contributed by atoms with van der Waals surface area (Å²) in [5.41, 5.74) is 1.88. The third kappa shape index (κ3) is 5.66. The van der Waals surface area contributed by atoms with Gasteiger partial charge in [-0.15, -0.1) is 0 Å². The first-order chi connectivity index (χ1) is 19.9. The molecule has 0 heterocycles. The molecule has 1 amide bonds. The first kappa shape index (κ1) is 30.1. The standard InChI is InChI=1S/C33H43NO8/c1-32-14-12-21(35)18-20(32)5-6-22-23-7-9-28(33(23,2)15-13-24(22)32)42-30(39)11-10-29(38)34-25(31(40)41-3)16-19-4-8-26(36)27(37)17-19/h4,8,17-18,22-25,28,36-37H,5-7,9-16H2,1-3H3,(H,34,38)/t22-,23+,24+,25+,28+,32+,33+/m1/s1. The molecule has 4 aliphatic rings. The Bertz CT molecular complexity index is 1290. The van der Waals surface area contributed by atoms with Crippen molar-refractivity contribution in [2.75, 3.05) is 7.11 Å². The van der Waals surface area contributed by atoms with E-state index in [0.717, 1.165) is 44.9 Å². The van der Waals surface area contributed by atoms with E-state index in [1.807, 2.05) is 6.08 Å². The van der Waals surface area contributed by atoms with Gasteiger partial charge in [0.15, 0.2) is 17.3 Å². The highest BCUT2D eigenvalue weighted by Crippen LogP contribution is 2.65. The van der Waals surface area contributed by atoms with Gasteiger partial charge in [-0.1, -0.05) is 25.5 Å². The molecule has 1 aromatic rings. The van der Waals surface area contributed by atoms with Crippen molar-refractivity contribution in [1.29, 1.82) is 0 Å². The highest BCUT2D eigenvalue weighted by Gasteiger charge is 2.60. The average molecular weight is 582 g/mol. The Kier molecular flexibility index (Phi) is 8.41. The molecule has 0 saturated heterocycles. The number of allylic oxidation sites excluding steroid dienone is 1. The lowest BCUT2D eigenvalue weighted by atomic mass is 9.47. The van der Waals surface area contributed by atoms with Gasteiger partial charge in [-0.05, 0) is 91.9 Å². The quantitative estimate of drug-likeness (QED) is 0.301. The van der Waals surface area contributed by atoms with Gasteiger partial charge in [0, 0.05) is 24.7 Å². The predicted molar refractivity (Wildman–Crippen MR) is 153 cm³/mol. The van der Waals surface area contributed by atoms with Crippen molar-refractivity contribution in [3.8, 4) is 11.5 Å². The number of phenolic OH excluding ortho intramolecular Hbond substituents is 2. The van der Waals surface area contributed by atoms with Crippen LogP contribution in [0, 0.1) is 28.6 Å². The fraction of sp³-hybridized carbons (Fsp3) is 0.636. The number of rotatable bonds is 8. The van der Waals surface area contributed by atoms with E-state index >= 15 is 0 Å². The van der Waals surface area contributed by atoms with Crippen molar-refractivity contribution >= 4 is 23.6 Å². The van der Waals surface area contributed by atoms with Crippen molar-refractivity contribution in [3.63, 3.8) is 0 Å². The van der Waals surface area contributed by atoms with Crippen LogP contribution in [0.3, 0.4) is 0 Å². The minimum Gasteiger partial charge on any atom is -0.504 e. The highest BCUT2D eigenvalue weighted by molar-refractivity contribution is 5.91. The number of aromatic hydroxyl groups is 2. The highest BCUT2D eigenvalue weighted by atomic mass is 16.5. The summed E-state index contributed by atoms with van der Waals surface area (Å²) in [5.74, 6) is -0.281. The molecule has 1 aromatic carbocycles. The molecular weight excluding hydrogens is 538 g/mol. The van der Waals surface area contributed by atoms with Crippen LogP contribution in [0.15, 0.2) is 29.8 Å². The molecule has 3 saturated carbocycles. The van der Waals surface area contributed by atoms with Gasteiger partial charge in [-0.2, -0.15) is 0 Å². The molecule has 42 heavy (non-hydrogen) atoms. The molecule has 228 valence electrons. The van der Waals surface area contributed by atoms with Crippen LogP contribution in [0.25, 0.3) is 0 Å². The second kappa shape index (κ2) is 11.7. The van der Waals surface area contributed by atoms with E-state index < -0.39 is 23.9 Å². The van der Waals surface area contributed by atoms with Crippen molar-refractivity contribution in [2.45, 2.75) is 96.6 Å². The molecule has 0 aliphatic heterocycles. The van der Waals surface area contributed by atoms with Gasteiger partial charge >= 0.3 is 11.9 Å². The van der Waals surface area contributed by atoms with Crippen LogP contribution in [-0.2, 0) is 35.1 Å². The second-order valence-corrected chi connectivity index (χ2v) is 13.2. The number of carbonyl (C=O) groups is 4. The maximum absolute atomic E-state index is 12.9. The van der Waals surface area contributed by atoms with E-state index in [1.54, 1.807) is 0 Å². The summed E-state index contributed by atoms with van der Waals surface area (Å²) in [7, 11) is 1.22. The fourth-order valence-corrected chi connectivity index (χ4v) is 8.67. The smallest absolute Gasteiger partial charge is 0.328 e. The lowest BCUT2D eigenvalue weighted by molar-refractivity contribution is -0.160. The Labute approximate surface area is 247 Å². The molecule has 7 atom stereocenters. The normalized spacial score (nSPS) is 32.5. The number of fused-ring (bicyclic) bond motifs is 5. The number of carbonyl (C=O) groups excluding carboxylic acids is 4. The zero-order valence-electron chi connectivity index (χ0n) is 24.8. The number of benzene rings is 1. The van der Waals surface area contributed by atoms with Crippen molar-refractivity contribution in [3.05, 3.63) is 35.4 Å². The van der Waals surface area contributed by atoms with Gasteiger partial charge in [0.1, 0.15) is 12.1 Å². The Morgan fingerprint density at radius 3 is 2.52 bits per heavy atom. The van der Waals surface area contributed by atoms with Crippen molar-refractivity contribution in [1.82, 2.24) is 5.32 Å². The van der Waals surface area contributed by atoms with Crippen LogP contribution >= 0.6 is 0 Å². The average Bonchev–Trinajstić information content (AvgIpc) is 3.29. The Balaban J connectivity index is 1.15. The molecule has 9 nitrogen and oxygen atoms in total. The van der Waals surface area contributed by atoms with Crippen molar-refractivity contribution < 1.29 is 38.9 Å². The molecule has 4 aliphatic carbocycles. The number of ketones is 1. The van der Waals surface area contributed by atoms with Crippen LogP contribution < -0.4 is 5.32 Å². The molecule has 0 aromatic heterocycles. The SMILES string of the molecule is COC(=O)[C@H](Cc1ccc(O)c(O)c1)NC(=O)CCC(=O)O[C@H]1CC[C@H]2[C@H]3CCC4=CC(=O)CC[C@]4(C)[C@H]3CC[C@]12C. The first-order valence-corrected chi connectivity index (χ1v) is 15.3. The first-order valence-electron chi connectivity index (χ1n) is 15.3. The van der Waals surface area contributed by atoms with E-state index in [9.17, 15) is 29.4 Å². The van der Waals surface area contributed by atoms with Gasteiger partial charge in [-0.3, -0.25) is 14.4 Å². The Morgan fingerprint density at radius 1 is 1.00 bits per heavy atom. The number of hydrogen-bond acceptors (Lipinski definition) is 8. The van der Waals surface area contributed by atoms with E-state index in [4.69, 9.17) is 9.47 Å². The third-order valence-electron chi connectivity index (χ3n) is 11.0. The maximum Gasteiger partial charge on any atom is 0.328 e. The number of amides is 1. The Morgan fingerprint density at radius 2 is 1.79 bits per heavy atom. The summed E-state index contributed by atoms with van der Waals surface area (Å²) in [6.07, 6.45) is 9.13. The number of methoxy groups -OCH3 is 1. The number of ether oxygens (including phenoxy) is 2. The van der Waals surface area contributed by atoms with Crippen LogP contribution in [0.1, 0.15) is 83.6 Å². The molecule has 0 radical (unpaired) electrons. The number of nitrogens with one attached hydrogen (secondary N) is 1. The molecule has 0 spiro atoms. The molecule has 0 bridgehead atoms. The summed E-state index contributed by atoms with van der Waals surface area (Å²) in [5, 5.41) is 21.9. The van der Waals surface area contributed by atoms with E-state index in [1.165, 1.54) is 30.9 Å². The van der Waals surface area contributed by atoms with Gasteiger partial charge in [0.05, 0.1) is 13.5 Å². The van der Waals surface area contributed by atoms with E-state index in [0.29, 0.717) is 29.7 Å². The van der Waals surface area contributed by atoms with Gasteiger partial charge in [0.25, 0.3) is 0 Å². The summed E-state index contributed by atoms with van der Waals surface area (Å²) < 4.78 is 10.9. The fourth-order valence-electron chi connectivity index (χ4n) is 8.67. The minimum absolute atomic E-state index is 0.0489. The van der Waals surface area contributed by atoms with Crippen LogP contribution in [0.5, 0.6) is 11.5 Å². The molecule has 3 fully saturated rings. The van der Waals surface area contributed by atoms with E-state index in [-0.39, 0.29) is 53.5 Å². The predicted octanol–water partition coefficient (Wildman–Crippen LogP) is 4.52. The molecule has 5 rings (SSSR count). The number of hydrogen-bond donors (Lipinski definition) is 3.